The van der Waals surface area contributed by atoms with Gasteiger partial charge in [0.05, 0.1) is 0 Å². The number of fused-ring (bicyclic) bond motifs is 5. The Morgan fingerprint density at radius 3 is 2.63 bits per heavy atom. The predicted molar refractivity (Wildman–Crippen MR) is 137 cm³/mol. The Labute approximate surface area is 211 Å². The predicted octanol–water partition coefficient (Wildman–Crippen LogP) is 5.94. The molecule has 5 rings (SSSR count). The number of nitrogens with zero attached hydrogens (tertiary/aromatic N) is 1. The van der Waals surface area contributed by atoms with Gasteiger partial charge in [-0.3, -0.25) is 9.59 Å². The minimum Gasteiger partial charge on any atom is -0.462 e. The summed E-state index contributed by atoms with van der Waals surface area (Å²) in [4.78, 5) is 25.1. The molecule has 4 aliphatic carbocycles. The summed E-state index contributed by atoms with van der Waals surface area (Å²) < 4.78 is 5.58. The lowest BCUT2D eigenvalue weighted by molar-refractivity contribution is -0.148. The van der Waals surface area contributed by atoms with E-state index in [1.807, 2.05) is 6.07 Å². The number of nitriles is 1. The molecule has 6 heteroatoms. The van der Waals surface area contributed by atoms with Crippen LogP contribution in [0.4, 0.5) is 0 Å². The average Bonchev–Trinajstić information content (AvgIpc) is 3.41. The molecule has 0 saturated heterocycles. The van der Waals surface area contributed by atoms with Crippen molar-refractivity contribution < 1.29 is 14.3 Å². The van der Waals surface area contributed by atoms with Crippen LogP contribution < -0.4 is 5.73 Å². The van der Waals surface area contributed by atoms with Crippen LogP contribution in [0.2, 0.25) is 0 Å². The molecule has 184 valence electrons. The summed E-state index contributed by atoms with van der Waals surface area (Å²) in [5.74, 6) is 0.598. The molecule has 1 aromatic heterocycles. The zero-order valence-electron chi connectivity index (χ0n) is 20.8. The van der Waals surface area contributed by atoms with E-state index in [-0.39, 0.29) is 28.5 Å². The minimum absolute atomic E-state index is 0.00710. The summed E-state index contributed by atoms with van der Waals surface area (Å²) >= 11 is 1.67. The van der Waals surface area contributed by atoms with Crippen molar-refractivity contribution in [3.63, 3.8) is 0 Å². The molecule has 5 nitrogen and oxygen atoms in total. The third-order valence-electron chi connectivity index (χ3n) is 9.58. The fourth-order valence-corrected chi connectivity index (χ4v) is 8.71. The van der Waals surface area contributed by atoms with E-state index in [0.29, 0.717) is 17.8 Å². The van der Waals surface area contributed by atoms with Crippen molar-refractivity contribution in [2.24, 2.45) is 34.3 Å². The Kier molecular flexibility index (Phi) is 6.04. The van der Waals surface area contributed by atoms with E-state index in [1.54, 1.807) is 11.3 Å². The first-order valence-corrected chi connectivity index (χ1v) is 13.6. The van der Waals surface area contributed by atoms with Gasteiger partial charge >= 0.3 is 5.97 Å². The maximum absolute atomic E-state index is 12.4. The summed E-state index contributed by atoms with van der Waals surface area (Å²) in [6, 6.07) is 6.28. The molecule has 0 unspecified atom stereocenters. The molecule has 3 saturated carbocycles. The number of carbonyl (C=O) groups is 2. The monoisotopic (exact) mass is 490 g/mol. The zero-order valence-corrected chi connectivity index (χ0v) is 21.6. The van der Waals surface area contributed by atoms with Gasteiger partial charge in [0.15, 0.2) is 0 Å². The third kappa shape index (κ3) is 3.89. The second-order valence-corrected chi connectivity index (χ2v) is 12.3. The summed E-state index contributed by atoms with van der Waals surface area (Å²) in [7, 11) is 0. The fraction of sp³-hybridized carbons (Fsp3) is 0.552. The summed E-state index contributed by atoms with van der Waals surface area (Å²) in [5.41, 5.74) is 9.21. The summed E-state index contributed by atoms with van der Waals surface area (Å²) in [5, 5.41) is 12.0. The van der Waals surface area contributed by atoms with E-state index in [0.717, 1.165) is 61.0 Å². The van der Waals surface area contributed by atoms with Crippen LogP contribution in [0.1, 0.15) is 70.6 Å². The van der Waals surface area contributed by atoms with E-state index in [4.69, 9.17) is 10.5 Å². The maximum atomic E-state index is 12.4. The van der Waals surface area contributed by atoms with Gasteiger partial charge in [-0.05, 0) is 95.8 Å². The Morgan fingerprint density at radius 2 is 1.97 bits per heavy atom. The number of amides is 1. The number of primary amides is 1. The molecule has 1 amide bonds. The lowest BCUT2D eigenvalue weighted by Crippen LogP contribution is -2.50. The van der Waals surface area contributed by atoms with Crippen molar-refractivity contribution in [1.82, 2.24) is 0 Å². The minimum atomic E-state index is -0.620. The van der Waals surface area contributed by atoms with E-state index in [2.05, 4.69) is 43.5 Å². The number of nitrogens with two attached hydrogens (primary N) is 1. The van der Waals surface area contributed by atoms with Gasteiger partial charge in [0, 0.05) is 18.2 Å². The van der Waals surface area contributed by atoms with Crippen molar-refractivity contribution in [3.8, 4) is 6.07 Å². The first-order valence-electron chi connectivity index (χ1n) is 12.7. The standard InChI is InChI=1S/C29H34N2O3S/c1-17(32)34-20-8-10-28(2)19(15-20)6-7-22-24(28)9-11-29(3)25(22)14-18(13-21-5-4-12-35-21)26(29)23(16-30)27(31)33/h4-6,12-13,20,22,24-25H,7-11,14-15H2,1-3H3,(H2,31,33)/b18-13+,26-23+/t20-,22+,24-,25-,28-,29-/m0/s1. The summed E-state index contributed by atoms with van der Waals surface area (Å²) in [6.07, 6.45) is 11.3. The van der Waals surface area contributed by atoms with Gasteiger partial charge in [0.2, 0.25) is 0 Å². The van der Waals surface area contributed by atoms with Crippen molar-refractivity contribution in [1.29, 1.82) is 5.26 Å². The zero-order chi connectivity index (χ0) is 25.0. The van der Waals surface area contributed by atoms with Crippen molar-refractivity contribution in [3.05, 3.63) is 50.8 Å². The number of rotatable bonds is 3. The Morgan fingerprint density at radius 1 is 1.20 bits per heavy atom. The van der Waals surface area contributed by atoms with Crippen LogP contribution in [0.5, 0.6) is 0 Å². The number of allylic oxidation sites excluding steroid dienone is 3. The fourth-order valence-electron chi connectivity index (χ4n) is 8.03. The Hall–Kier alpha value is -2.65. The van der Waals surface area contributed by atoms with E-state index >= 15 is 0 Å². The highest BCUT2D eigenvalue weighted by molar-refractivity contribution is 7.10. The molecule has 1 aromatic rings. The second kappa shape index (κ2) is 8.78. The van der Waals surface area contributed by atoms with Crippen molar-refractivity contribution in [2.45, 2.75) is 71.8 Å². The van der Waals surface area contributed by atoms with Crippen LogP contribution in [0.15, 0.2) is 45.9 Å². The number of thiophene rings is 1. The van der Waals surface area contributed by atoms with Crippen LogP contribution in [-0.4, -0.2) is 18.0 Å². The normalized spacial score (nSPS) is 38.5. The van der Waals surface area contributed by atoms with E-state index in [9.17, 15) is 14.9 Å². The molecular weight excluding hydrogens is 456 g/mol. The molecular formula is C29H34N2O3S. The quantitative estimate of drug-likeness (QED) is 0.245. The van der Waals surface area contributed by atoms with Gasteiger partial charge in [-0.2, -0.15) is 5.26 Å². The molecule has 2 N–H and O–H groups in total. The first-order chi connectivity index (χ1) is 16.7. The Balaban J connectivity index is 1.54. The molecule has 0 aromatic carbocycles. The second-order valence-electron chi connectivity index (χ2n) is 11.3. The SMILES string of the molecule is CC(=O)O[C@H]1CC[C@@]2(C)C(=CC[C@@H]3[C@@H]2CC[C@]2(C)C(=C(\C#N)C(N)=O)/C(=C/c4cccs4)C[C@@H]32)C1. The number of hydrogen-bond donors (Lipinski definition) is 1. The van der Waals surface area contributed by atoms with E-state index in [1.165, 1.54) is 12.5 Å². The molecule has 3 fully saturated rings. The highest BCUT2D eigenvalue weighted by atomic mass is 32.1. The van der Waals surface area contributed by atoms with Crippen LogP contribution >= 0.6 is 11.3 Å². The summed E-state index contributed by atoms with van der Waals surface area (Å²) in [6.45, 7) is 6.17. The Bertz CT molecular complexity index is 1190. The molecule has 4 aliphatic rings. The van der Waals surface area contributed by atoms with Crippen molar-refractivity contribution >= 4 is 29.3 Å². The molecule has 35 heavy (non-hydrogen) atoms. The van der Waals surface area contributed by atoms with Gasteiger partial charge in [0.1, 0.15) is 17.7 Å². The molecule has 0 spiro atoms. The lowest BCUT2D eigenvalue weighted by Gasteiger charge is -2.57. The molecule has 0 aliphatic heterocycles. The van der Waals surface area contributed by atoms with Crippen LogP contribution in [-0.2, 0) is 14.3 Å². The molecule has 1 heterocycles. The topological polar surface area (TPSA) is 93.2 Å². The van der Waals surface area contributed by atoms with Gasteiger partial charge in [0.25, 0.3) is 5.91 Å². The van der Waals surface area contributed by atoms with Gasteiger partial charge < -0.3 is 10.5 Å². The van der Waals surface area contributed by atoms with Gasteiger partial charge in [-0.15, -0.1) is 11.3 Å². The van der Waals surface area contributed by atoms with Crippen LogP contribution in [0.25, 0.3) is 6.08 Å². The number of ether oxygens (including phenoxy) is 1. The molecule has 6 atom stereocenters. The average molecular weight is 491 g/mol. The van der Waals surface area contributed by atoms with Crippen LogP contribution in [0.3, 0.4) is 0 Å². The van der Waals surface area contributed by atoms with Crippen molar-refractivity contribution in [2.75, 3.05) is 0 Å². The van der Waals surface area contributed by atoms with Crippen LogP contribution in [0, 0.1) is 39.9 Å². The first kappa shape index (κ1) is 24.1. The highest BCUT2D eigenvalue weighted by Crippen LogP contribution is 2.67. The molecule has 0 radical (unpaired) electrons. The molecule has 0 bridgehead atoms. The lowest BCUT2D eigenvalue weighted by atomic mass is 9.47. The van der Waals surface area contributed by atoms with Gasteiger partial charge in [-0.25, -0.2) is 0 Å². The number of carbonyl (C=O) groups excluding carboxylic acids is 2. The largest absolute Gasteiger partial charge is 0.462 e. The maximum Gasteiger partial charge on any atom is 0.302 e. The number of esters is 1. The third-order valence-corrected chi connectivity index (χ3v) is 10.4. The number of hydrogen-bond acceptors (Lipinski definition) is 5. The van der Waals surface area contributed by atoms with Gasteiger partial charge in [-0.1, -0.05) is 31.6 Å². The van der Waals surface area contributed by atoms with E-state index < -0.39 is 5.91 Å². The smallest absolute Gasteiger partial charge is 0.302 e. The highest BCUT2D eigenvalue weighted by Gasteiger charge is 2.59.